The Bertz CT molecular complexity index is 722. The molecule has 2 rings (SSSR count). The highest BCUT2D eigenvalue weighted by Gasteiger charge is 2.23. The second kappa shape index (κ2) is 6.36. The number of benzene rings is 1. The summed E-state index contributed by atoms with van der Waals surface area (Å²) in [5.41, 5.74) is 1.80. The molecule has 0 unspecified atom stereocenters. The molecule has 5 nitrogen and oxygen atoms in total. The lowest BCUT2D eigenvalue weighted by Crippen LogP contribution is -2.14. The highest BCUT2D eigenvalue weighted by Crippen LogP contribution is 2.24. The monoisotopic (exact) mass is 314 g/mol. The van der Waals surface area contributed by atoms with Crippen LogP contribution in [0.3, 0.4) is 0 Å². The van der Waals surface area contributed by atoms with Crippen molar-refractivity contribution < 1.29 is 14.0 Å². The average Bonchev–Trinajstić information content (AvgIpc) is 2.80. The third-order valence-electron chi connectivity index (χ3n) is 3.43. The fourth-order valence-corrected chi connectivity index (χ4v) is 2.05. The summed E-state index contributed by atoms with van der Waals surface area (Å²) in [6, 6.07) is 6.80. The zero-order valence-corrected chi connectivity index (χ0v) is 14.2. The largest absolute Gasteiger partial charge is 0.444 e. The summed E-state index contributed by atoms with van der Waals surface area (Å²) in [6.45, 7) is 9.38. The van der Waals surface area contributed by atoms with Gasteiger partial charge < -0.3 is 9.73 Å². The van der Waals surface area contributed by atoms with Gasteiger partial charge in [0.25, 0.3) is 0 Å². The van der Waals surface area contributed by atoms with Crippen molar-refractivity contribution in [3.63, 3.8) is 0 Å². The number of rotatable bonds is 4. The summed E-state index contributed by atoms with van der Waals surface area (Å²) < 4.78 is 5.72. The molecule has 2 aromatic rings. The molecule has 0 aliphatic heterocycles. The molecular formula is C18H22N2O3. The predicted octanol–water partition coefficient (Wildman–Crippen LogP) is 3.66. The first-order valence-corrected chi connectivity index (χ1v) is 7.54. The van der Waals surface area contributed by atoms with Crippen molar-refractivity contribution in [1.82, 2.24) is 4.98 Å². The van der Waals surface area contributed by atoms with Crippen molar-refractivity contribution >= 4 is 17.4 Å². The number of carbonyl (C=O) groups is 2. The molecule has 0 saturated heterocycles. The Hall–Kier alpha value is -2.43. The SMILES string of the molecule is CC(=O)c1ccc(NC(=O)Cc2oc(C(C)(C)C)nc2C)cc1. The van der Waals surface area contributed by atoms with Gasteiger partial charge in [0.2, 0.25) is 5.91 Å². The number of aryl methyl sites for hydroxylation is 1. The Morgan fingerprint density at radius 2 is 1.78 bits per heavy atom. The first-order valence-electron chi connectivity index (χ1n) is 7.54. The lowest BCUT2D eigenvalue weighted by Gasteiger charge is -2.12. The van der Waals surface area contributed by atoms with Gasteiger partial charge in [-0.1, -0.05) is 20.8 Å². The highest BCUT2D eigenvalue weighted by atomic mass is 16.4. The Kier molecular flexibility index (Phi) is 4.68. The van der Waals surface area contributed by atoms with E-state index in [1.54, 1.807) is 24.3 Å². The van der Waals surface area contributed by atoms with E-state index in [0.717, 1.165) is 5.69 Å². The van der Waals surface area contributed by atoms with Gasteiger partial charge in [0.05, 0.1) is 12.1 Å². The highest BCUT2D eigenvalue weighted by molar-refractivity contribution is 5.96. The standard InChI is InChI=1S/C18H22N2O3/c1-11-15(23-17(19-11)18(3,4)5)10-16(22)20-14-8-6-13(7-9-14)12(2)21/h6-9H,10H2,1-5H3,(H,20,22). The second-order valence-corrected chi connectivity index (χ2v) is 6.64. The summed E-state index contributed by atoms with van der Waals surface area (Å²) in [6.07, 6.45) is 0.128. The normalized spacial score (nSPS) is 11.3. The van der Waals surface area contributed by atoms with E-state index >= 15 is 0 Å². The van der Waals surface area contributed by atoms with E-state index in [1.807, 2.05) is 27.7 Å². The number of nitrogens with one attached hydrogen (secondary N) is 1. The maximum absolute atomic E-state index is 12.1. The summed E-state index contributed by atoms with van der Waals surface area (Å²) in [4.78, 5) is 27.8. The number of nitrogens with zero attached hydrogens (tertiary/aromatic N) is 1. The van der Waals surface area contributed by atoms with Crippen molar-refractivity contribution in [3.05, 3.63) is 47.2 Å². The van der Waals surface area contributed by atoms with Gasteiger partial charge in [0, 0.05) is 16.7 Å². The Morgan fingerprint density at radius 3 is 2.26 bits per heavy atom. The van der Waals surface area contributed by atoms with E-state index in [0.29, 0.717) is 22.9 Å². The lowest BCUT2D eigenvalue weighted by atomic mass is 9.97. The zero-order valence-electron chi connectivity index (χ0n) is 14.2. The van der Waals surface area contributed by atoms with Crippen LogP contribution in [0.1, 0.15) is 55.4 Å². The minimum atomic E-state index is -0.192. The molecule has 0 aliphatic rings. The molecule has 0 spiro atoms. The molecule has 1 aromatic heterocycles. The molecule has 0 atom stereocenters. The molecule has 0 aliphatic carbocycles. The van der Waals surface area contributed by atoms with Crippen LogP contribution < -0.4 is 5.32 Å². The summed E-state index contributed by atoms with van der Waals surface area (Å²) in [5.74, 6) is 1.02. The van der Waals surface area contributed by atoms with E-state index in [9.17, 15) is 9.59 Å². The van der Waals surface area contributed by atoms with Crippen LogP contribution in [0.4, 0.5) is 5.69 Å². The van der Waals surface area contributed by atoms with Gasteiger partial charge in [-0.2, -0.15) is 0 Å². The van der Waals surface area contributed by atoms with E-state index in [4.69, 9.17) is 4.42 Å². The fraction of sp³-hybridized carbons (Fsp3) is 0.389. The molecule has 0 radical (unpaired) electrons. The zero-order chi connectivity index (χ0) is 17.2. The maximum Gasteiger partial charge on any atom is 0.232 e. The van der Waals surface area contributed by atoms with Crippen LogP contribution in [0.15, 0.2) is 28.7 Å². The van der Waals surface area contributed by atoms with Crippen molar-refractivity contribution in [2.75, 3.05) is 5.32 Å². The number of hydrogen-bond donors (Lipinski definition) is 1. The summed E-state index contributed by atoms with van der Waals surface area (Å²) >= 11 is 0. The number of hydrogen-bond acceptors (Lipinski definition) is 4. The molecule has 23 heavy (non-hydrogen) atoms. The Balaban J connectivity index is 2.05. The van der Waals surface area contributed by atoms with Crippen LogP contribution in [-0.2, 0) is 16.6 Å². The smallest absolute Gasteiger partial charge is 0.232 e. The molecule has 1 N–H and O–H groups in total. The van der Waals surface area contributed by atoms with Crippen LogP contribution >= 0.6 is 0 Å². The van der Waals surface area contributed by atoms with Gasteiger partial charge in [-0.15, -0.1) is 0 Å². The van der Waals surface area contributed by atoms with Crippen molar-refractivity contribution in [3.8, 4) is 0 Å². The molecule has 0 saturated carbocycles. The van der Waals surface area contributed by atoms with Crippen LogP contribution in [-0.4, -0.2) is 16.7 Å². The number of oxazole rings is 1. The molecule has 1 amide bonds. The second-order valence-electron chi connectivity index (χ2n) is 6.64. The van der Waals surface area contributed by atoms with Gasteiger partial charge in [0.1, 0.15) is 5.76 Å². The minimum absolute atomic E-state index is 0.00475. The van der Waals surface area contributed by atoms with E-state index in [2.05, 4.69) is 10.3 Å². The van der Waals surface area contributed by atoms with Crippen LogP contribution in [0.2, 0.25) is 0 Å². The van der Waals surface area contributed by atoms with E-state index in [-0.39, 0.29) is 23.5 Å². The average molecular weight is 314 g/mol. The van der Waals surface area contributed by atoms with Gasteiger partial charge in [0.15, 0.2) is 11.7 Å². The lowest BCUT2D eigenvalue weighted by molar-refractivity contribution is -0.115. The van der Waals surface area contributed by atoms with Crippen molar-refractivity contribution in [1.29, 1.82) is 0 Å². The molecule has 5 heteroatoms. The van der Waals surface area contributed by atoms with Crippen LogP contribution in [0.25, 0.3) is 0 Å². The minimum Gasteiger partial charge on any atom is -0.444 e. The topological polar surface area (TPSA) is 72.2 Å². The first kappa shape index (κ1) is 16.9. The number of amides is 1. The van der Waals surface area contributed by atoms with Gasteiger partial charge in [-0.3, -0.25) is 9.59 Å². The third-order valence-corrected chi connectivity index (χ3v) is 3.43. The van der Waals surface area contributed by atoms with Gasteiger partial charge in [-0.05, 0) is 38.1 Å². The summed E-state index contributed by atoms with van der Waals surface area (Å²) in [5, 5.41) is 2.79. The van der Waals surface area contributed by atoms with Crippen molar-refractivity contribution in [2.24, 2.45) is 0 Å². The van der Waals surface area contributed by atoms with Gasteiger partial charge >= 0.3 is 0 Å². The Labute approximate surface area is 136 Å². The molecule has 122 valence electrons. The molecule has 1 aromatic carbocycles. The van der Waals surface area contributed by atoms with Gasteiger partial charge in [-0.25, -0.2) is 4.98 Å². The fourth-order valence-electron chi connectivity index (χ4n) is 2.05. The number of carbonyl (C=O) groups excluding carboxylic acids is 2. The Morgan fingerprint density at radius 1 is 1.17 bits per heavy atom. The van der Waals surface area contributed by atoms with E-state index < -0.39 is 0 Å². The number of Topliss-reactive ketones (excluding diaryl/α,β-unsaturated/α-hetero) is 1. The van der Waals surface area contributed by atoms with E-state index in [1.165, 1.54) is 6.92 Å². The van der Waals surface area contributed by atoms with Crippen molar-refractivity contribution in [2.45, 2.75) is 46.5 Å². The molecule has 0 fully saturated rings. The number of aromatic nitrogens is 1. The number of anilines is 1. The molecular weight excluding hydrogens is 292 g/mol. The first-order chi connectivity index (χ1) is 10.7. The molecule has 0 bridgehead atoms. The quantitative estimate of drug-likeness (QED) is 0.874. The van der Waals surface area contributed by atoms with Crippen LogP contribution in [0.5, 0.6) is 0 Å². The van der Waals surface area contributed by atoms with Crippen LogP contribution in [0, 0.1) is 6.92 Å². The molecule has 1 heterocycles. The summed E-state index contributed by atoms with van der Waals surface area (Å²) in [7, 11) is 0. The predicted molar refractivity (Wildman–Crippen MR) is 88.7 cm³/mol. The number of ketones is 1. The maximum atomic E-state index is 12.1. The third kappa shape index (κ3) is 4.28.